The minimum absolute atomic E-state index is 0.0871. The fraction of sp³-hybridized carbons (Fsp3) is 0.794. The van der Waals surface area contributed by atoms with E-state index in [1.807, 2.05) is 0 Å². The molecule has 400 valence electrons. The molecule has 0 saturated carbocycles. The van der Waals surface area contributed by atoms with Gasteiger partial charge in [-0.15, -0.1) is 0 Å². The summed E-state index contributed by atoms with van der Waals surface area (Å²) in [6, 6.07) is 0. The van der Waals surface area contributed by atoms with Gasteiger partial charge in [-0.05, 0) is 89.9 Å². The molecular formula is C63H112O6. The Labute approximate surface area is 428 Å². The largest absolute Gasteiger partial charge is 0.462 e. The third-order valence-corrected chi connectivity index (χ3v) is 13.0. The predicted octanol–water partition coefficient (Wildman–Crippen LogP) is 20.0. The molecule has 0 aliphatic rings. The molecule has 69 heavy (non-hydrogen) atoms. The van der Waals surface area contributed by atoms with E-state index >= 15 is 0 Å². The Morgan fingerprint density at radius 3 is 0.884 bits per heavy atom. The summed E-state index contributed by atoms with van der Waals surface area (Å²) in [5.74, 6) is -0.914. The van der Waals surface area contributed by atoms with Crippen molar-refractivity contribution in [2.75, 3.05) is 13.2 Å². The zero-order valence-corrected chi connectivity index (χ0v) is 45.8. The van der Waals surface area contributed by atoms with Crippen LogP contribution in [0.25, 0.3) is 0 Å². The second kappa shape index (κ2) is 57.7. The highest BCUT2D eigenvalue weighted by Gasteiger charge is 2.19. The zero-order valence-electron chi connectivity index (χ0n) is 45.8. The molecule has 0 bridgehead atoms. The average molecular weight is 966 g/mol. The monoisotopic (exact) mass is 965 g/mol. The molecule has 0 fully saturated rings. The van der Waals surface area contributed by atoms with Crippen LogP contribution in [0.15, 0.2) is 60.8 Å². The van der Waals surface area contributed by atoms with E-state index in [9.17, 15) is 14.4 Å². The number of ether oxygens (including phenoxy) is 3. The van der Waals surface area contributed by atoms with E-state index in [0.717, 1.165) is 89.9 Å². The molecule has 6 nitrogen and oxygen atoms in total. The topological polar surface area (TPSA) is 78.9 Å². The summed E-state index contributed by atoms with van der Waals surface area (Å²) in [4.78, 5) is 38.2. The minimum Gasteiger partial charge on any atom is -0.462 e. The van der Waals surface area contributed by atoms with E-state index in [1.165, 1.54) is 173 Å². The van der Waals surface area contributed by atoms with Gasteiger partial charge in [0.2, 0.25) is 0 Å². The lowest BCUT2D eigenvalue weighted by Crippen LogP contribution is -2.30. The Hall–Kier alpha value is -2.89. The lowest BCUT2D eigenvalue weighted by molar-refractivity contribution is -0.167. The summed E-state index contributed by atoms with van der Waals surface area (Å²) >= 11 is 0. The Balaban J connectivity index is 4.40. The number of unbranched alkanes of at least 4 members (excludes halogenated alkanes) is 33. The highest BCUT2D eigenvalue weighted by Crippen LogP contribution is 2.16. The molecule has 0 aliphatic heterocycles. The van der Waals surface area contributed by atoms with Gasteiger partial charge in [0.25, 0.3) is 0 Å². The van der Waals surface area contributed by atoms with E-state index in [2.05, 4.69) is 81.5 Å². The molecule has 6 heteroatoms. The molecule has 0 unspecified atom stereocenters. The van der Waals surface area contributed by atoms with Crippen molar-refractivity contribution in [1.29, 1.82) is 0 Å². The predicted molar refractivity (Wildman–Crippen MR) is 298 cm³/mol. The van der Waals surface area contributed by atoms with E-state index < -0.39 is 6.10 Å². The maximum atomic E-state index is 12.9. The van der Waals surface area contributed by atoms with Crippen molar-refractivity contribution in [3.05, 3.63) is 60.8 Å². The van der Waals surface area contributed by atoms with Gasteiger partial charge >= 0.3 is 17.9 Å². The molecule has 0 spiro atoms. The maximum Gasteiger partial charge on any atom is 0.306 e. The number of rotatable bonds is 54. The number of allylic oxidation sites excluding steroid dienone is 10. The normalized spacial score (nSPS) is 12.4. The molecule has 0 rings (SSSR count). The van der Waals surface area contributed by atoms with Gasteiger partial charge in [-0.25, -0.2) is 0 Å². The number of carbonyl (C=O) groups is 3. The molecule has 0 aromatic heterocycles. The van der Waals surface area contributed by atoms with Crippen LogP contribution >= 0.6 is 0 Å². The summed E-state index contributed by atoms with van der Waals surface area (Å²) in [5, 5.41) is 0. The number of hydrogen-bond donors (Lipinski definition) is 0. The van der Waals surface area contributed by atoms with Crippen molar-refractivity contribution in [3.63, 3.8) is 0 Å². The average Bonchev–Trinajstić information content (AvgIpc) is 3.35. The summed E-state index contributed by atoms with van der Waals surface area (Å²) in [6.45, 7) is 6.60. The van der Waals surface area contributed by atoms with Gasteiger partial charge in [0.15, 0.2) is 6.10 Å². The second-order valence-corrected chi connectivity index (χ2v) is 19.9. The van der Waals surface area contributed by atoms with Crippen LogP contribution in [0.2, 0.25) is 0 Å². The molecule has 0 heterocycles. The SMILES string of the molecule is CCCCC/C=C\C/C=C\C/C=C\C/C=C\CCCCCC(=O)O[C@H](COC(=O)CCCCCCC/C=C\CCCCCC)COC(=O)CCCCCCCCCCCCCCCCCCCCC. The molecule has 0 aromatic rings. The van der Waals surface area contributed by atoms with E-state index in [0.29, 0.717) is 19.3 Å². The fourth-order valence-electron chi connectivity index (χ4n) is 8.48. The minimum atomic E-state index is -0.793. The van der Waals surface area contributed by atoms with Gasteiger partial charge in [0.1, 0.15) is 13.2 Å². The van der Waals surface area contributed by atoms with Gasteiger partial charge in [0, 0.05) is 19.3 Å². The first-order valence-corrected chi connectivity index (χ1v) is 29.8. The molecule has 0 radical (unpaired) electrons. The number of hydrogen-bond acceptors (Lipinski definition) is 6. The number of carbonyl (C=O) groups excluding carboxylic acids is 3. The van der Waals surface area contributed by atoms with Crippen LogP contribution < -0.4 is 0 Å². The van der Waals surface area contributed by atoms with Crippen LogP contribution in [0.5, 0.6) is 0 Å². The Bertz CT molecular complexity index is 1250. The van der Waals surface area contributed by atoms with Gasteiger partial charge in [0.05, 0.1) is 0 Å². The van der Waals surface area contributed by atoms with E-state index in [-0.39, 0.29) is 31.1 Å². The lowest BCUT2D eigenvalue weighted by Gasteiger charge is -2.18. The van der Waals surface area contributed by atoms with Crippen molar-refractivity contribution in [3.8, 4) is 0 Å². The van der Waals surface area contributed by atoms with Crippen LogP contribution in [0.4, 0.5) is 0 Å². The quantitative estimate of drug-likeness (QED) is 0.0262. The Morgan fingerprint density at radius 1 is 0.290 bits per heavy atom. The molecule has 0 amide bonds. The maximum absolute atomic E-state index is 12.9. The summed E-state index contributed by atoms with van der Waals surface area (Å²) < 4.78 is 16.9. The Morgan fingerprint density at radius 2 is 0.522 bits per heavy atom. The third-order valence-electron chi connectivity index (χ3n) is 13.0. The van der Waals surface area contributed by atoms with Gasteiger partial charge in [-0.1, -0.05) is 255 Å². The van der Waals surface area contributed by atoms with Crippen molar-refractivity contribution in [2.45, 2.75) is 309 Å². The summed E-state index contributed by atoms with van der Waals surface area (Å²) in [7, 11) is 0. The van der Waals surface area contributed by atoms with Crippen molar-refractivity contribution >= 4 is 17.9 Å². The number of esters is 3. The highest BCUT2D eigenvalue weighted by atomic mass is 16.6. The molecule has 0 aromatic carbocycles. The summed E-state index contributed by atoms with van der Waals surface area (Å²) in [6.07, 6.45) is 72.1. The van der Waals surface area contributed by atoms with Crippen LogP contribution in [-0.2, 0) is 28.6 Å². The molecule has 1 atom stereocenters. The highest BCUT2D eigenvalue weighted by molar-refractivity contribution is 5.71. The van der Waals surface area contributed by atoms with Crippen molar-refractivity contribution in [1.82, 2.24) is 0 Å². The fourth-order valence-corrected chi connectivity index (χ4v) is 8.48. The first kappa shape index (κ1) is 66.1. The van der Waals surface area contributed by atoms with E-state index in [1.54, 1.807) is 0 Å². The van der Waals surface area contributed by atoms with Crippen LogP contribution in [0, 0.1) is 0 Å². The van der Waals surface area contributed by atoms with Crippen molar-refractivity contribution < 1.29 is 28.6 Å². The van der Waals surface area contributed by atoms with Gasteiger partial charge in [-0.3, -0.25) is 14.4 Å². The smallest absolute Gasteiger partial charge is 0.306 e. The Kier molecular flexibility index (Phi) is 55.3. The van der Waals surface area contributed by atoms with Crippen LogP contribution in [0.1, 0.15) is 303 Å². The molecule has 0 saturated heterocycles. The molecular weight excluding hydrogens is 853 g/mol. The van der Waals surface area contributed by atoms with Crippen molar-refractivity contribution in [2.24, 2.45) is 0 Å². The lowest BCUT2D eigenvalue weighted by atomic mass is 10.0. The van der Waals surface area contributed by atoms with Gasteiger partial charge in [-0.2, -0.15) is 0 Å². The third kappa shape index (κ3) is 55.9. The second-order valence-electron chi connectivity index (χ2n) is 19.9. The summed E-state index contributed by atoms with van der Waals surface area (Å²) in [5.41, 5.74) is 0. The zero-order chi connectivity index (χ0) is 50.0. The first-order chi connectivity index (χ1) is 34.0. The first-order valence-electron chi connectivity index (χ1n) is 29.8. The van der Waals surface area contributed by atoms with Crippen LogP contribution in [0.3, 0.4) is 0 Å². The van der Waals surface area contributed by atoms with E-state index in [4.69, 9.17) is 14.2 Å². The standard InChI is InChI=1S/C63H112O6/c1-4-7-10-13-16-19-22-25-27-29-31-33-35-38-41-44-47-50-53-56-62(65)68-59-60(58-67-61(64)55-52-49-46-43-40-37-24-21-18-15-12-9-6-3)69-63(66)57-54-51-48-45-42-39-36-34-32-30-28-26-23-20-17-14-11-8-5-2/h17,20-21,24,26,28,32,34,39,42,60H,4-16,18-19,22-23,25,27,29-31,33,35-38,40-41,43-59H2,1-3H3/b20-17-,24-21-,28-26-,34-32-,42-39-/t60-/m1/s1. The van der Waals surface area contributed by atoms with Gasteiger partial charge < -0.3 is 14.2 Å². The molecule has 0 aliphatic carbocycles. The van der Waals surface area contributed by atoms with Crippen LogP contribution in [-0.4, -0.2) is 37.2 Å². The molecule has 0 N–H and O–H groups in total.